The predicted molar refractivity (Wildman–Crippen MR) is 96.2 cm³/mol. The summed E-state index contributed by atoms with van der Waals surface area (Å²) in [5, 5.41) is 7.54. The van der Waals surface area contributed by atoms with Crippen molar-refractivity contribution in [3.63, 3.8) is 0 Å². The Balaban J connectivity index is 2.09. The molecule has 1 aliphatic heterocycles. The van der Waals surface area contributed by atoms with Gasteiger partial charge >= 0.3 is 0 Å². The van der Waals surface area contributed by atoms with Crippen molar-refractivity contribution in [2.75, 3.05) is 46.4 Å². The van der Waals surface area contributed by atoms with Crippen molar-refractivity contribution in [3.8, 4) is 0 Å². The Hall–Kier alpha value is -1.30. The molecule has 1 fully saturated rings. The minimum atomic E-state index is 0.202. The molecule has 0 radical (unpaired) electrons. The van der Waals surface area contributed by atoms with Crippen molar-refractivity contribution in [1.29, 1.82) is 0 Å². The van der Waals surface area contributed by atoms with Gasteiger partial charge in [0, 0.05) is 38.2 Å². The number of ether oxygens (including phenoxy) is 1. The smallest absolute Gasteiger partial charge is 0.191 e. The average Bonchev–Trinajstić information content (AvgIpc) is 2.60. The van der Waals surface area contributed by atoms with Crippen molar-refractivity contribution in [2.45, 2.75) is 19.4 Å². The number of halogens is 1. The van der Waals surface area contributed by atoms with Gasteiger partial charge in [0.15, 0.2) is 5.96 Å². The van der Waals surface area contributed by atoms with Gasteiger partial charge in [-0.2, -0.15) is 0 Å². The molecule has 0 aliphatic carbocycles. The lowest BCUT2D eigenvalue weighted by Gasteiger charge is -2.35. The lowest BCUT2D eigenvalue weighted by Crippen LogP contribution is -2.46. The Labute approximate surface area is 144 Å². The molecule has 1 aromatic rings. The van der Waals surface area contributed by atoms with Crippen LogP contribution in [0.2, 0.25) is 5.02 Å². The van der Waals surface area contributed by atoms with Gasteiger partial charge in [0.1, 0.15) is 0 Å². The van der Waals surface area contributed by atoms with Crippen LogP contribution in [0, 0.1) is 0 Å². The maximum Gasteiger partial charge on any atom is 0.191 e. The standard InChI is InChI=1S/C17H27ClN4O/c1-3-8-20-17(19-2)21-13-16(22-9-11-23-12-10-22)14-6-4-5-7-15(14)18/h4-7,16H,3,8-13H2,1-2H3,(H2,19,20,21). The van der Waals surface area contributed by atoms with Gasteiger partial charge < -0.3 is 15.4 Å². The van der Waals surface area contributed by atoms with Crippen LogP contribution in [-0.2, 0) is 4.74 Å². The molecule has 1 heterocycles. The van der Waals surface area contributed by atoms with Crippen LogP contribution in [0.3, 0.4) is 0 Å². The van der Waals surface area contributed by atoms with Crippen molar-refractivity contribution in [2.24, 2.45) is 4.99 Å². The molecule has 0 aromatic heterocycles. The van der Waals surface area contributed by atoms with Gasteiger partial charge in [0.2, 0.25) is 0 Å². The van der Waals surface area contributed by atoms with Crippen LogP contribution in [-0.4, -0.2) is 57.3 Å². The van der Waals surface area contributed by atoms with E-state index in [0.29, 0.717) is 0 Å². The molecular formula is C17H27ClN4O. The van der Waals surface area contributed by atoms with E-state index in [2.05, 4.69) is 33.5 Å². The van der Waals surface area contributed by atoms with Crippen LogP contribution in [0.15, 0.2) is 29.3 Å². The first kappa shape index (κ1) is 18.0. The summed E-state index contributed by atoms with van der Waals surface area (Å²) in [6.07, 6.45) is 1.07. The number of guanidine groups is 1. The van der Waals surface area contributed by atoms with Gasteiger partial charge in [-0.05, 0) is 18.1 Å². The Bertz CT molecular complexity index is 503. The lowest BCUT2D eigenvalue weighted by molar-refractivity contribution is 0.0170. The molecule has 0 amide bonds. The fourth-order valence-corrected chi connectivity index (χ4v) is 2.99. The average molecular weight is 339 g/mol. The number of aliphatic imine (C=N–C) groups is 1. The van der Waals surface area contributed by atoms with E-state index in [-0.39, 0.29) is 6.04 Å². The summed E-state index contributed by atoms with van der Waals surface area (Å²) in [5.74, 6) is 0.831. The van der Waals surface area contributed by atoms with Gasteiger partial charge in [0.25, 0.3) is 0 Å². The highest BCUT2D eigenvalue weighted by Crippen LogP contribution is 2.27. The quantitative estimate of drug-likeness (QED) is 0.617. The van der Waals surface area contributed by atoms with Crippen molar-refractivity contribution >= 4 is 17.6 Å². The number of rotatable bonds is 6. The number of morpholine rings is 1. The predicted octanol–water partition coefficient (Wildman–Crippen LogP) is 2.29. The second-order valence-electron chi connectivity index (χ2n) is 5.57. The van der Waals surface area contributed by atoms with E-state index >= 15 is 0 Å². The molecule has 1 saturated heterocycles. The first-order valence-corrected chi connectivity index (χ1v) is 8.64. The Morgan fingerprint density at radius 2 is 2.04 bits per heavy atom. The Morgan fingerprint density at radius 1 is 1.30 bits per heavy atom. The molecule has 5 nitrogen and oxygen atoms in total. The summed E-state index contributed by atoms with van der Waals surface area (Å²) in [6.45, 7) is 7.17. The van der Waals surface area contributed by atoms with Crippen LogP contribution >= 0.6 is 11.6 Å². The van der Waals surface area contributed by atoms with Crippen LogP contribution in [0.1, 0.15) is 24.9 Å². The minimum Gasteiger partial charge on any atom is -0.379 e. The Kier molecular flexibility index (Phi) is 7.65. The SMILES string of the molecule is CCCNC(=NC)NCC(c1ccccc1Cl)N1CCOCC1. The first-order chi connectivity index (χ1) is 11.3. The molecule has 128 valence electrons. The van der Waals surface area contributed by atoms with Crippen molar-refractivity contribution in [3.05, 3.63) is 34.9 Å². The van der Waals surface area contributed by atoms with E-state index in [1.165, 1.54) is 0 Å². The fraction of sp³-hybridized carbons (Fsp3) is 0.588. The molecule has 23 heavy (non-hydrogen) atoms. The molecular weight excluding hydrogens is 312 g/mol. The summed E-state index contributed by atoms with van der Waals surface area (Å²) in [6, 6.07) is 8.27. The molecule has 2 rings (SSSR count). The number of nitrogens with one attached hydrogen (secondary N) is 2. The van der Waals surface area contributed by atoms with Gasteiger partial charge in [-0.1, -0.05) is 36.7 Å². The normalized spacial score (nSPS) is 17.8. The molecule has 0 spiro atoms. The highest BCUT2D eigenvalue weighted by Gasteiger charge is 2.24. The molecule has 1 atom stereocenters. The zero-order chi connectivity index (χ0) is 16.5. The summed E-state index contributed by atoms with van der Waals surface area (Å²) < 4.78 is 5.48. The molecule has 0 bridgehead atoms. The van der Waals surface area contributed by atoms with Gasteiger partial charge in [-0.15, -0.1) is 0 Å². The van der Waals surface area contributed by atoms with Crippen LogP contribution in [0.5, 0.6) is 0 Å². The molecule has 1 unspecified atom stereocenters. The number of benzene rings is 1. The topological polar surface area (TPSA) is 48.9 Å². The summed E-state index contributed by atoms with van der Waals surface area (Å²) in [7, 11) is 1.80. The zero-order valence-electron chi connectivity index (χ0n) is 14.0. The van der Waals surface area contributed by atoms with E-state index in [4.69, 9.17) is 16.3 Å². The highest BCUT2D eigenvalue weighted by atomic mass is 35.5. The number of nitrogens with zero attached hydrogens (tertiary/aromatic N) is 2. The minimum absolute atomic E-state index is 0.202. The molecule has 0 saturated carbocycles. The third-order valence-corrected chi connectivity index (χ3v) is 4.32. The van der Waals surface area contributed by atoms with Gasteiger partial charge in [0.05, 0.1) is 19.3 Å². The van der Waals surface area contributed by atoms with E-state index < -0.39 is 0 Å². The van der Waals surface area contributed by atoms with Gasteiger partial charge in [-0.25, -0.2) is 0 Å². The second kappa shape index (κ2) is 9.75. The first-order valence-electron chi connectivity index (χ1n) is 8.27. The van der Waals surface area contributed by atoms with Crippen molar-refractivity contribution < 1.29 is 4.74 Å². The lowest BCUT2D eigenvalue weighted by atomic mass is 10.0. The molecule has 1 aromatic carbocycles. The van der Waals surface area contributed by atoms with E-state index in [0.717, 1.165) is 62.4 Å². The third-order valence-electron chi connectivity index (χ3n) is 3.98. The summed E-state index contributed by atoms with van der Waals surface area (Å²) in [5.41, 5.74) is 1.15. The maximum absolute atomic E-state index is 6.44. The molecule has 2 N–H and O–H groups in total. The summed E-state index contributed by atoms with van der Waals surface area (Å²) in [4.78, 5) is 6.70. The van der Waals surface area contributed by atoms with Crippen LogP contribution in [0.4, 0.5) is 0 Å². The number of hydrogen-bond donors (Lipinski definition) is 2. The monoisotopic (exact) mass is 338 g/mol. The fourth-order valence-electron chi connectivity index (χ4n) is 2.73. The number of hydrogen-bond acceptors (Lipinski definition) is 3. The molecule has 1 aliphatic rings. The highest BCUT2D eigenvalue weighted by molar-refractivity contribution is 6.31. The zero-order valence-corrected chi connectivity index (χ0v) is 14.8. The van der Waals surface area contributed by atoms with Gasteiger partial charge in [-0.3, -0.25) is 9.89 Å². The van der Waals surface area contributed by atoms with Crippen LogP contribution in [0.25, 0.3) is 0 Å². The van der Waals surface area contributed by atoms with Crippen molar-refractivity contribution in [1.82, 2.24) is 15.5 Å². The third kappa shape index (κ3) is 5.37. The molecule has 6 heteroatoms. The Morgan fingerprint density at radius 3 is 2.70 bits per heavy atom. The summed E-state index contributed by atoms with van der Waals surface area (Å²) >= 11 is 6.44. The van der Waals surface area contributed by atoms with E-state index in [1.807, 2.05) is 18.2 Å². The van der Waals surface area contributed by atoms with Crippen LogP contribution < -0.4 is 10.6 Å². The maximum atomic E-state index is 6.44. The van der Waals surface area contributed by atoms with E-state index in [9.17, 15) is 0 Å². The second-order valence-corrected chi connectivity index (χ2v) is 5.97. The van der Waals surface area contributed by atoms with E-state index in [1.54, 1.807) is 7.05 Å². The largest absolute Gasteiger partial charge is 0.379 e.